The van der Waals surface area contributed by atoms with Gasteiger partial charge in [0.1, 0.15) is 11.4 Å². The molecule has 1 aliphatic heterocycles. The summed E-state index contributed by atoms with van der Waals surface area (Å²) in [5.74, 6) is -0.245. The minimum Gasteiger partial charge on any atom is -0.444 e. The number of hydrogen-bond acceptors (Lipinski definition) is 4. The predicted molar refractivity (Wildman–Crippen MR) is 124 cm³/mol. The van der Waals surface area contributed by atoms with Gasteiger partial charge < -0.3 is 15.4 Å². The van der Waals surface area contributed by atoms with Crippen LogP contribution < -0.4 is 5.73 Å². The number of hydrogen-bond donors (Lipinski definition) is 1. The van der Waals surface area contributed by atoms with E-state index < -0.39 is 5.60 Å². The van der Waals surface area contributed by atoms with Crippen molar-refractivity contribution in [3.8, 4) is 11.1 Å². The molecule has 170 valence electrons. The lowest BCUT2D eigenvalue weighted by molar-refractivity contribution is 0.0139. The van der Waals surface area contributed by atoms with Crippen LogP contribution in [0.1, 0.15) is 45.7 Å². The van der Waals surface area contributed by atoms with Gasteiger partial charge in [-0.1, -0.05) is 38.1 Å². The summed E-state index contributed by atoms with van der Waals surface area (Å²) >= 11 is 0. The molecule has 31 heavy (non-hydrogen) atoms. The predicted octanol–water partition coefficient (Wildman–Crippen LogP) is 5.03. The fraction of sp³-hybridized carbons (Fsp3) is 0.480. The fourth-order valence-electron chi connectivity index (χ4n) is 3.43. The van der Waals surface area contributed by atoms with E-state index in [0.29, 0.717) is 25.2 Å². The molecule has 6 heteroatoms. The van der Waals surface area contributed by atoms with Gasteiger partial charge in [0.2, 0.25) is 0 Å². The Morgan fingerprint density at radius 1 is 1.03 bits per heavy atom. The Hall–Kier alpha value is -2.44. The molecular formula is C25H36FN3O2. The third kappa shape index (κ3) is 7.33. The number of piperazine rings is 1. The van der Waals surface area contributed by atoms with Gasteiger partial charge in [-0.25, -0.2) is 9.18 Å². The summed E-state index contributed by atoms with van der Waals surface area (Å²) in [6, 6.07) is 13.0. The van der Waals surface area contributed by atoms with Gasteiger partial charge in [0, 0.05) is 44.8 Å². The van der Waals surface area contributed by atoms with E-state index in [1.165, 1.54) is 6.07 Å². The first-order chi connectivity index (χ1) is 14.7. The molecule has 5 nitrogen and oxygen atoms in total. The molecule has 1 fully saturated rings. The molecule has 0 spiro atoms. The van der Waals surface area contributed by atoms with Crippen LogP contribution in [0.4, 0.5) is 9.18 Å². The van der Waals surface area contributed by atoms with E-state index in [9.17, 15) is 9.18 Å². The summed E-state index contributed by atoms with van der Waals surface area (Å²) in [5, 5.41) is 0. The number of ether oxygens (including phenoxy) is 1. The van der Waals surface area contributed by atoms with Gasteiger partial charge in [-0.2, -0.15) is 0 Å². The van der Waals surface area contributed by atoms with Crippen molar-refractivity contribution in [3.05, 3.63) is 59.4 Å². The highest BCUT2D eigenvalue weighted by Crippen LogP contribution is 2.25. The summed E-state index contributed by atoms with van der Waals surface area (Å²) in [4.78, 5) is 16.3. The highest BCUT2D eigenvalue weighted by molar-refractivity contribution is 5.68. The summed E-state index contributed by atoms with van der Waals surface area (Å²) in [6.45, 7) is 13.6. The number of carbonyl (C=O) groups excluding carboxylic acids is 1. The standard InChI is InChI=1S/C23H30FN3O2.C2H6/c1-23(2,3)29-22(28)27-11-9-26(10-12-27)16-18-5-4-6-19(13-18)20-14-17(15-25)7-8-21(20)24;1-2/h4-8,13-14H,9-12,15-16,25H2,1-3H3;1-2H3. The monoisotopic (exact) mass is 429 g/mol. The number of carbonyl (C=O) groups is 1. The van der Waals surface area contributed by atoms with Crippen LogP contribution in [0.2, 0.25) is 0 Å². The zero-order valence-corrected chi connectivity index (χ0v) is 19.5. The van der Waals surface area contributed by atoms with Gasteiger partial charge in [-0.3, -0.25) is 4.90 Å². The maximum absolute atomic E-state index is 14.3. The van der Waals surface area contributed by atoms with Crippen molar-refractivity contribution in [2.75, 3.05) is 26.2 Å². The lowest BCUT2D eigenvalue weighted by Gasteiger charge is -2.35. The second kappa shape index (κ2) is 11.3. The summed E-state index contributed by atoms with van der Waals surface area (Å²) in [6.07, 6.45) is -0.255. The minimum atomic E-state index is -0.481. The maximum atomic E-state index is 14.3. The molecule has 0 radical (unpaired) electrons. The number of halogens is 1. The van der Waals surface area contributed by atoms with Crippen LogP contribution >= 0.6 is 0 Å². The average molecular weight is 430 g/mol. The van der Waals surface area contributed by atoms with Crippen molar-refractivity contribution < 1.29 is 13.9 Å². The average Bonchev–Trinajstić information content (AvgIpc) is 2.75. The molecule has 2 aromatic carbocycles. The van der Waals surface area contributed by atoms with Gasteiger partial charge in [0.05, 0.1) is 0 Å². The van der Waals surface area contributed by atoms with Crippen LogP contribution in [0.15, 0.2) is 42.5 Å². The molecular weight excluding hydrogens is 393 g/mol. The molecule has 0 aliphatic carbocycles. The Morgan fingerprint density at radius 3 is 2.32 bits per heavy atom. The van der Waals surface area contributed by atoms with Crippen molar-refractivity contribution in [1.82, 2.24) is 9.80 Å². The maximum Gasteiger partial charge on any atom is 0.410 e. The largest absolute Gasteiger partial charge is 0.444 e. The molecule has 0 saturated carbocycles. The molecule has 2 aromatic rings. The van der Waals surface area contributed by atoms with Crippen LogP contribution in [0.3, 0.4) is 0 Å². The Labute approximate surface area is 186 Å². The van der Waals surface area contributed by atoms with E-state index in [2.05, 4.69) is 11.0 Å². The van der Waals surface area contributed by atoms with Crippen LogP contribution in [0, 0.1) is 5.82 Å². The molecule has 1 amide bonds. The Bertz CT molecular complexity index is 856. The van der Waals surface area contributed by atoms with E-state index in [-0.39, 0.29) is 11.9 Å². The molecule has 0 atom stereocenters. The van der Waals surface area contributed by atoms with Crippen molar-refractivity contribution in [2.24, 2.45) is 5.73 Å². The Morgan fingerprint density at radius 2 is 1.71 bits per heavy atom. The minimum absolute atomic E-state index is 0.245. The van der Waals surface area contributed by atoms with Crippen LogP contribution in [0.25, 0.3) is 11.1 Å². The van der Waals surface area contributed by atoms with E-state index in [1.807, 2.05) is 58.9 Å². The second-order valence-electron chi connectivity index (χ2n) is 8.46. The van der Waals surface area contributed by atoms with E-state index in [0.717, 1.165) is 36.3 Å². The van der Waals surface area contributed by atoms with Crippen molar-refractivity contribution >= 4 is 6.09 Å². The first-order valence-electron chi connectivity index (χ1n) is 11.0. The van der Waals surface area contributed by atoms with Gasteiger partial charge in [-0.05, 0) is 55.7 Å². The summed E-state index contributed by atoms with van der Waals surface area (Å²) in [7, 11) is 0. The number of nitrogens with zero attached hydrogens (tertiary/aromatic N) is 2. The molecule has 0 bridgehead atoms. The summed E-state index contributed by atoms with van der Waals surface area (Å²) < 4.78 is 19.8. The first-order valence-corrected chi connectivity index (χ1v) is 11.0. The van der Waals surface area contributed by atoms with Gasteiger partial charge >= 0.3 is 6.09 Å². The van der Waals surface area contributed by atoms with Gasteiger partial charge in [-0.15, -0.1) is 0 Å². The SMILES string of the molecule is CC.CC(C)(C)OC(=O)N1CCN(Cc2cccc(-c3cc(CN)ccc3F)c2)CC1. The van der Waals surface area contributed by atoms with Crippen LogP contribution in [-0.4, -0.2) is 47.7 Å². The zero-order valence-electron chi connectivity index (χ0n) is 19.5. The second-order valence-corrected chi connectivity index (χ2v) is 8.46. The quantitative estimate of drug-likeness (QED) is 0.741. The highest BCUT2D eigenvalue weighted by Gasteiger charge is 2.25. The Balaban J connectivity index is 0.00000166. The van der Waals surface area contributed by atoms with Crippen LogP contribution in [0.5, 0.6) is 0 Å². The third-order valence-corrected chi connectivity index (χ3v) is 4.93. The van der Waals surface area contributed by atoms with E-state index in [4.69, 9.17) is 10.5 Å². The lowest BCUT2D eigenvalue weighted by atomic mass is 10.00. The molecule has 2 N–H and O–H groups in total. The van der Waals surface area contributed by atoms with E-state index in [1.54, 1.807) is 11.0 Å². The van der Waals surface area contributed by atoms with Crippen molar-refractivity contribution in [1.29, 1.82) is 0 Å². The Kier molecular flexibility index (Phi) is 9.01. The zero-order chi connectivity index (χ0) is 23.0. The van der Waals surface area contributed by atoms with Gasteiger partial charge in [0.25, 0.3) is 0 Å². The molecule has 1 saturated heterocycles. The molecule has 0 aromatic heterocycles. The smallest absolute Gasteiger partial charge is 0.410 e. The van der Waals surface area contributed by atoms with Crippen molar-refractivity contribution in [3.63, 3.8) is 0 Å². The topological polar surface area (TPSA) is 58.8 Å². The highest BCUT2D eigenvalue weighted by atomic mass is 19.1. The van der Waals surface area contributed by atoms with Crippen LogP contribution in [-0.2, 0) is 17.8 Å². The first kappa shape index (κ1) is 24.8. The number of nitrogens with two attached hydrogens (primary N) is 1. The third-order valence-electron chi connectivity index (χ3n) is 4.93. The lowest BCUT2D eigenvalue weighted by Crippen LogP contribution is -2.49. The number of benzene rings is 2. The fourth-order valence-corrected chi connectivity index (χ4v) is 3.43. The molecule has 0 unspecified atom stereocenters. The number of amides is 1. The summed E-state index contributed by atoms with van der Waals surface area (Å²) in [5.41, 5.74) is 8.67. The number of rotatable bonds is 4. The van der Waals surface area contributed by atoms with E-state index >= 15 is 0 Å². The van der Waals surface area contributed by atoms with Gasteiger partial charge in [0.15, 0.2) is 0 Å². The molecule has 1 heterocycles. The molecule has 1 aliphatic rings. The van der Waals surface area contributed by atoms with Crippen molar-refractivity contribution in [2.45, 2.75) is 53.3 Å². The normalized spacial score (nSPS) is 14.6. The molecule has 3 rings (SSSR count).